The quantitative estimate of drug-likeness (QED) is 0.573. The van der Waals surface area contributed by atoms with Crippen molar-refractivity contribution in [2.24, 2.45) is 5.92 Å². The van der Waals surface area contributed by atoms with E-state index in [9.17, 15) is 9.18 Å². The van der Waals surface area contributed by atoms with Gasteiger partial charge in [-0.1, -0.05) is 0 Å². The minimum Gasteiger partial charge on any atom is -0.316 e. The van der Waals surface area contributed by atoms with Crippen molar-refractivity contribution >= 4 is 16.8 Å². The zero-order valence-electron chi connectivity index (χ0n) is 14.5. The van der Waals surface area contributed by atoms with Gasteiger partial charge in [0, 0.05) is 12.7 Å². The number of hydrogen-bond donors (Lipinski definition) is 2. The number of pyridine rings is 1. The van der Waals surface area contributed by atoms with E-state index < -0.39 is 0 Å². The maximum Gasteiger partial charge on any atom is 0.327 e. The zero-order valence-corrected chi connectivity index (χ0v) is 14.5. The van der Waals surface area contributed by atoms with Crippen molar-refractivity contribution in [2.45, 2.75) is 19.4 Å². The fourth-order valence-electron chi connectivity index (χ4n) is 3.70. The maximum atomic E-state index is 13.6. The van der Waals surface area contributed by atoms with Crippen LogP contribution in [0, 0.1) is 11.7 Å². The Morgan fingerprint density at radius 1 is 1.26 bits per heavy atom. The van der Waals surface area contributed by atoms with Crippen LogP contribution in [0.4, 0.5) is 4.39 Å². The van der Waals surface area contributed by atoms with E-state index in [1.165, 1.54) is 12.3 Å². The molecule has 1 aliphatic rings. The highest BCUT2D eigenvalue weighted by atomic mass is 19.1. The molecule has 27 heavy (non-hydrogen) atoms. The third-order valence-electron chi connectivity index (χ3n) is 5.05. The predicted octanol–water partition coefficient (Wildman–Crippen LogP) is 1.57. The Labute approximate surface area is 153 Å². The monoisotopic (exact) mass is 367 g/mol. The van der Waals surface area contributed by atoms with Crippen LogP contribution >= 0.6 is 0 Å². The molecule has 8 nitrogen and oxygen atoms in total. The van der Waals surface area contributed by atoms with Crippen LogP contribution in [-0.4, -0.2) is 42.0 Å². The molecule has 1 atom stereocenters. The van der Waals surface area contributed by atoms with Gasteiger partial charge in [-0.05, 0) is 44.0 Å². The largest absolute Gasteiger partial charge is 0.327 e. The van der Waals surface area contributed by atoms with Crippen molar-refractivity contribution < 1.29 is 4.39 Å². The van der Waals surface area contributed by atoms with Crippen LogP contribution in [0.25, 0.3) is 28.3 Å². The van der Waals surface area contributed by atoms with Gasteiger partial charge in [0.25, 0.3) is 0 Å². The van der Waals surface area contributed by atoms with Gasteiger partial charge >= 0.3 is 5.69 Å². The van der Waals surface area contributed by atoms with Crippen molar-refractivity contribution in [1.82, 2.24) is 34.2 Å². The summed E-state index contributed by atoms with van der Waals surface area (Å²) in [5, 5.41) is 3.37. The lowest BCUT2D eigenvalue weighted by molar-refractivity contribution is 0.337. The number of rotatable bonds is 3. The second-order valence-electron chi connectivity index (χ2n) is 6.90. The Morgan fingerprint density at radius 3 is 3.04 bits per heavy atom. The fourth-order valence-corrected chi connectivity index (χ4v) is 3.70. The van der Waals surface area contributed by atoms with E-state index in [0.29, 0.717) is 40.8 Å². The maximum absolute atomic E-state index is 13.6. The second-order valence-corrected chi connectivity index (χ2v) is 6.90. The summed E-state index contributed by atoms with van der Waals surface area (Å²) in [6.45, 7) is 2.52. The molecule has 5 rings (SSSR count). The normalized spacial score (nSPS) is 17.7. The lowest BCUT2D eigenvalue weighted by Gasteiger charge is -2.22. The molecule has 0 aliphatic carbocycles. The molecule has 0 radical (unpaired) electrons. The zero-order chi connectivity index (χ0) is 18.4. The third kappa shape index (κ3) is 2.80. The number of aromatic amines is 1. The number of nitrogens with zero attached hydrogens (tertiary/aromatic N) is 5. The molecule has 4 aromatic rings. The molecule has 5 heterocycles. The molecular weight excluding hydrogens is 349 g/mol. The number of imidazole rings is 2. The van der Waals surface area contributed by atoms with E-state index >= 15 is 0 Å². The van der Waals surface area contributed by atoms with Crippen molar-refractivity contribution in [2.75, 3.05) is 13.1 Å². The van der Waals surface area contributed by atoms with Gasteiger partial charge in [-0.3, -0.25) is 8.97 Å². The summed E-state index contributed by atoms with van der Waals surface area (Å²) < 4.78 is 16.9. The molecule has 9 heteroatoms. The predicted molar refractivity (Wildman–Crippen MR) is 97.9 cm³/mol. The van der Waals surface area contributed by atoms with Crippen LogP contribution in [-0.2, 0) is 6.54 Å². The molecule has 2 N–H and O–H groups in total. The summed E-state index contributed by atoms with van der Waals surface area (Å²) in [5.41, 5.74) is 2.14. The van der Waals surface area contributed by atoms with Gasteiger partial charge < -0.3 is 10.3 Å². The molecule has 1 saturated heterocycles. The number of H-pyrrole nitrogens is 1. The molecule has 138 valence electrons. The lowest BCUT2D eigenvalue weighted by Crippen LogP contribution is -2.34. The number of nitrogens with one attached hydrogen (secondary N) is 2. The SMILES string of the molecule is O=c1[nH]c2cnc(-c3cnc4ccc(F)cn34)nc2n1C[C@H]1CCCNC1. The van der Waals surface area contributed by atoms with Crippen LogP contribution < -0.4 is 11.0 Å². The van der Waals surface area contributed by atoms with Crippen LogP contribution in [0.2, 0.25) is 0 Å². The number of piperidine rings is 1. The van der Waals surface area contributed by atoms with Crippen molar-refractivity contribution in [3.8, 4) is 11.5 Å². The van der Waals surface area contributed by atoms with Crippen molar-refractivity contribution in [3.63, 3.8) is 0 Å². The summed E-state index contributed by atoms with van der Waals surface area (Å²) in [5.74, 6) is 0.417. The van der Waals surface area contributed by atoms with Gasteiger partial charge in [-0.25, -0.2) is 24.1 Å². The number of halogens is 1. The number of fused-ring (bicyclic) bond motifs is 2. The van der Waals surface area contributed by atoms with Gasteiger partial charge in [0.15, 0.2) is 11.5 Å². The summed E-state index contributed by atoms with van der Waals surface area (Å²) in [7, 11) is 0. The molecule has 0 aromatic carbocycles. The van der Waals surface area contributed by atoms with Crippen LogP contribution in [0.5, 0.6) is 0 Å². The van der Waals surface area contributed by atoms with Crippen LogP contribution in [0.15, 0.2) is 35.5 Å². The molecule has 1 aliphatic heterocycles. The molecular formula is C18H18FN7O. The lowest BCUT2D eigenvalue weighted by atomic mass is 10.00. The highest BCUT2D eigenvalue weighted by Crippen LogP contribution is 2.20. The smallest absolute Gasteiger partial charge is 0.316 e. The minimum atomic E-state index is -0.369. The highest BCUT2D eigenvalue weighted by Gasteiger charge is 2.18. The van der Waals surface area contributed by atoms with Crippen molar-refractivity contribution in [1.29, 1.82) is 0 Å². The van der Waals surface area contributed by atoms with Crippen LogP contribution in [0.1, 0.15) is 12.8 Å². The van der Waals surface area contributed by atoms with Crippen LogP contribution in [0.3, 0.4) is 0 Å². The van der Waals surface area contributed by atoms with Gasteiger partial charge in [0.1, 0.15) is 22.7 Å². The molecule has 0 bridgehead atoms. The first-order chi connectivity index (χ1) is 13.2. The molecule has 0 unspecified atom stereocenters. The van der Waals surface area contributed by atoms with Gasteiger partial charge in [0.05, 0.1) is 12.4 Å². The summed E-state index contributed by atoms with van der Waals surface area (Å²) in [6.07, 6.45) is 6.73. The Balaban J connectivity index is 1.60. The van der Waals surface area contributed by atoms with Gasteiger partial charge in [-0.15, -0.1) is 0 Å². The van der Waals surface area contributed by atoms with E-state index in [2.05, 4.69) is 25.3 Å². The summed E-state index contributed by atoms with van der Waals surface area (Å²) >= 11 is 0. The average Bonchev–Trinajstić information content (AvgIpc) is 3.23. The van der Waals surface area contributed by atoms with E-state index in [0.717, 1.165) is 25.9 Å². The Kier molecular flexibility index (Phi) is 3.75. The van der Waals surface area contributed by atoms with Gasteiger partial charge in [0.2, 0.25) is 0 Å². The molecule has 4 aromatic heterocycles. The first-order valence-electron chi connectivity index (χ1n) is 8.98. The summed E-state index contributed by atoms with van der Waals surface area (Å²) in [4.78, 5) is 28.4. The molecule has 0 spiro atoms. The van der Waals surface area contributed by atoms with Crippen molar-refractivity contribution in [3.05, 3.63) is 47.0 Å². The second kappa shape index (κ2) is 6.27. The Bertz CT molecular complexity index is 1190. The highest BCUT2D eigenvalue weighted by molar-refractivity contribution is 5.72. The Morgan fingerprint density at radius 2 is 2.19 bits per heavy atom. The van der Waals surface area contributed by atoms with E-state index in [1.54, 1.807) is 27.4 Å². The molecule has 0 amide bonds. The van der Waals surface area contributed by atoms with Gasteiger partial charge in [-0.2, -0.15) is 0 Å². The number of hydrogen-bond acceptors (Lipinski definition) is 5. The minimum absolute atomic E-state index is 0.189. The standard InChI is InChI=1S/C18H18FN7O/c19-12-3-4-15-21-8-14(25(15)10-12)16-22-7-13-17(24-16)26(18(27)23-13)9-11-2-1-5-20-6-11/h3-4,7-8,10-11,20H,1-2,5-6,9H2,(H,23,27)/t11-/m0/s1. The number of aromatic nitrogens is 6. The first-order valence-corrected chi connectivity index (χ1v) is 8.98. The molecule has 1 fully saturated rings. The first kappa shape index (κ1) is 16.1. The summed E-state index contributed by atoms with van der Waals surface area (Å²) in [6, 6.07) is 2.96. The average molecular weight is 367 g/mol. The Hall–Kier alpha value is -3.07. The third-order valence-corrected chi connectivity index (χ3v) is 5.05. The van der Waals surface area contributed by atoms with E-state index in [1.807, 2.05) is 0 Å². The topological polar surface area (TPSA) is 92.9 Å². The van der Waals surface area contributed by atoms with E-state index in [4.69, 9.17) is 0 Å². The molecule has 0 saturated carbocycles. The fraction of sp³-hybridized carbons (Fsp3) is 0.333. The van der Waals surface area contributed by atoms with E-state index in [-0.39, 0.29) is 11.5 Å².